The molecule has 0 saturated heterocycles. The highest BCUT2D eigenvalue weighted by Gasteiger charge is 2.32. The molecule has 3 nitrogen and oxygen atoms in total. The average molecular weight is 239 g/mol. The number of carboxylic acids is 1. The Morgan fingerprint density at radius 1 is 1.35 bits per heavy atom. The molecule has 98 valence electrons. The molecule has 0 heterocycles. The second-order valence-electron chi connectivity index (χ2n) is 4.98. The predicted octanol–water partition coefficient (Wildman–Crippen LogP) is 2.82. The standard InChI is InChI=1S/C14H25NO2/c1-2-3-4-5-6-10-15-11-12-8-7-9-13(12)14(16)17/h2,12-13,15H,1,3-11H2,(H,16,17). The first kappa shape index (κ1) is 14.2. The molecule has 2 N–H and O–H groups in total. The Hall–Kier alpha value is -0.830. The third kappa shape index (κ3) is 5.35. The summed E-state index contributed by atoms with van der Waals surface area (Å²) in [4.78, 5) is 11.0. The quantitative estimate of drug-likeness (QED) is 0.480. The molecule has 17 heavy (non-hydrogen) atoms. The maximum Gasteiger partial charge on any atom is 0.306 e. The Morgan fingerprint density at radius 2 is 2.18 bits per heavy atom. The van der Waals surface area contributed by atoms with Crippen LogP contribution in [0.1, 0.15) is 44.9 Å². The van der Waals surface area contributed by atoms with Gasteiger partial charge in [0.15, 0.2) is 0 Å². The van der Waals surface area contributed by atoms with E-state index in [-0.39, 0.29) is 5.92 Å². The molecular formula is C14H25NO2. The van der Waals surface area contributed by atoms with Crippen LogP contribution in [0.25, 0.3) is 0 Å². The van der Waals surface area contributed by atoms with Crippen LogP contribution in [0.15, 0.2) is 12.7 Å². The first-order valence-electron chi connectivity index (χ1n) is 6.80. The van der Waals surface area contributed by atoms with Gasteiger partial charge in [0.1, 0.15) is 0 Å². The zero-order chi connectivity index (χ0) is 12.5. The van der Waals surface area contributed by atoms with Gasteiger partial charge in [0.05, 0.1) is 5.92 Å². The summed E-state index contributed by atoms with van der Waals surface area (Å²) in [5.74, 6) is -0.371. The van der Waals surface area contributed by atoms with Crippen molar-refractivity contribution >= 4 is 5.97 Å². The van der Waals surface area contributed by atoms with Crippen LogP contribution in [0.3, 0.4) is 0 Å². The van der Waals surface area contributed by atoms with Gasteiger partial charge >= 0.3 is 5.97 Å². The number of rotatable bonds is 9. The normalized spacial score (nSPS) is 23.8. The van der Waals surface area contributed by atoms with E-state index in [1.807, 2.05) is 6.08 Å². The number of carboxylic acid groups (broad SMARTS) is 1. The number of allylic oxidation sites excluding steroid dienone is 1. The molecule has 0 bridgehead atoms. The van der Waals surface area contributed by atoms with E-state index in [1.54, 1.807) is 0 Å². The summed E-state index contributed by atoms with van der Waals surface area (Å²) < 4.78 is 0. The minimum absolute atomic E-state index is 0.108. The fourth-order valence-electron chi connectivity index (χ4n) is 2.61. The maximum atomic E-state index is 11.0. The zero-order valence-corrected chi connectivity index (χ0v) is 10.7. The van der Waals surface area contributed by atoms with Gasteiger partial charge in [-0.15, -0.1) is 6.58 Å². The van der Waals surface area contributed by atoms with Crippen LogP contribution in [0.5, 0.6) is 0 Å². The lowest BCUT2D eigenvalue weighted by Crippen LogP contribution is -2.29. The summed E-state index contributed by atoms with van der Waals surface area (Å²) in [6, 6.07) is 0. The van der Waals surface area contributed by atoms with Crippen molar-refractivity contribution < 1.29 is 9.90 Å². The van der Waals surface area contributed by atoms with E-state index < -0.39 is 5.97 Å². The molecule has 0 aromatic carbocycles. The zero-order valence-electron chi connectivity index (χ0n) is 10.7. The van der Waals surface area contributed by atoms with E-state index in [0.29, 0.717) is 5.92 Å². The molecule has 0 spiro atoms. The maximum absolute atomic E-state index is 11.0. The lowest BCUT2D eigenvalue weighted by Gasteiger charge is -2.16. The van der Waals surface area contributed by atoms with Gasteiger partial charge in [0.25, 0.3) is 0 Å². The second-order valence-corrected chi connectivity index (χ2v) is 4.98. The van der Waals surface area contributed by atoms with E-state index in [9.17, 15) is 4.79 Å². The van der Waals surface area contributed by atoms with Gasteiger partial charge in [-0.05, 0) is 51.1 Å². The molecule has 1 saturated carbocycles. The van der Waals surface area contributed by atoms with Gasteiger partial charge in [0.2, 0.25) is 0 Å². The highest BCUT2D eigenvalue weighted by Crippen LogP contribution is 2.31. The summed E-state index contributed by atoms with van der Waals surface area (Å²) in [6.07, 6.45) is 9.69. The lowest BCUT2D eigenvalue weighted by atomic mass is 9.96. The van der Waals surface area contributed by atoms with Crippen LogP contribution in [-0.4, -0.2) is 24.2 Å². The largest absolute Gasteiger partial charge is 0.481 e. The van der Waals surface area contributed by atoms with Crippen LogP contribution in [0, 0.1) is 11.8 Å². The molecule has 2 unspecified atom stereocenters. The second kappa shape index (κ2) is 8.29. The summed E-state index contributed by atoms with van der Waals surface area (Å²) in [5, 5.41) is 12.4. The van der Waals surface area contributed by atoms with Gasteiger partial charge in [-0.25, -0.2) is 0 Å². The molecule has 0 aliphatic heterocycles. The van der Waals surface area contributed by atoms with Gasteiger partial charge in [-0.2, -0.15) is 0 Å². The molecule has 1 aliphatic carbocycles. The van der Waals surface area contributed by atoms with Crippen LogP contribution < -0.4 is 5.32 Å². The van der Waals surface area contributed by atoms with E-state index in [2.05, 4.69) is 11.9 Å². The Balaban J connectivity index is 2.02. The van der Waals surface area contributed by atoms with Crippen LogP contribution >= 0.6 is 0 Å². The molecule has 1 fully saturated rings. The third-order valence-electron chi connectivity index (χ3n) is 3.64. The predicted molar refractivity (Wildman–Crippen MR) is 70.0 cm³/mol. The van der Waals surface area contributed by atoms with E-state index in [0.717, 1.165) is 38.8 Å². The van der Waals surface area contributed by atoms with Gasteiger partial charge in [0, 0.05) is 0 Å². The Bertz CT molecular complexity index is 240. The summed E-state index contributed by atoms with van der Waals surface area (Å²) >= 11 is 0. The van der Waals surface area contributed by atoms with Gasteiger partial charge < -0.3 is 10.4 Å². The van der Waals surface area contributed by atoms with Crippen molar-refractivity contribution in [2.45, 2.75) is 44.9 Å². The molecule has 2 atom stereocenters. The first-order chi connectivity index (χ1) is 8.25. The van der Waals surface area contributed by atoms with Crippen molar-refractivity contribution in [2.24, 2.45) is 11.8 Å². The molecule has 0 aromatic rings. The number of nitrogens with one attached hydrogen (secondary N) is 1. The summed E-state index contributed by atoms with van der Waals surface area (Å²) in [6.45, 7) is 5.59. The van der Waals surface area contributed by atoms with E-state index >= 15 is 0 Å². The van der Waals surface area contributed by atoms with Crippen molar-refractivity contribution in [3.05, 3.63) is 12.7 Å². The monoisotopic (exact) mass is 239 g/mol. The van der Waals surface area contributed by atoms with Crippen LogP contribution in [-0.2, 0) is 4.79 Å². The third-order valence-corrected chi connectivity index (χ3v) is 3.64. The van der Waals surface area contributed by atoms with Crippen molar-refractivity contribution in [3.63, 3.8) is 0 Å². The molecule has 0 aromatic heterocycles. The summed E-state index contributed by atoms with van der Waals surface area (Å²) in [7, 11) is 0. The number of unbranched alkanes of at least 4 members (excludes halogenated alkanes) is 3. The van der Waals surface area contributed by atoms with Crippen molar-refractivity contribution in [2.75, 3.05) is 13.1 Å². The van der Waals surface area contributed by atoms with E-state index in [1.165, 1.54) is 19.3 Å². The Kier molecular flexibility index (Phi) is 6.94. The highest BCUT2D eigenvalue weighted by molar-refractivity contribution is 5.70. The van der Waals surface area contributed by atoms with E-state index in [4.69, 9.17) is 5.11 Å². The van der Waals surface area contributed by atoms with Crippen LogP contribution in [0.2, 0.25) is 0 Å². The number of hydrogen-bond donors (Lipinski definition) is 2. The van der Waals surface area contributed by atoms with Gasteiger partial charge in [-0.3, -0.25) is 4.79 Å². The number of hydrogen-bond acceptors (Lipinski definition) is 2. The van der Waals surface area contributed by atoms with Crippen molar-refractivity contribution in [1.29, 1.82) is 0 Å². The summed E-state index contributed by atoms with van der Waals surface area (Å²) in [5.41, 5.74) is 0. The molecule has 3 heteroatoms. The highest BCUT2D eigenvalue weighted by atomic mass is 16.4. The average Bonchev–Trinajstić information content (AvgIpc) is 2.76. The smallest absolute Gasteiger partial charge is 0.306 e. The van der Waals surface area contributed by atoms with Gasteiger partial charge in [-0.1, -0.05) is 18.9 Å². The molecule has 1 rings (SSSR count). The van der Waals surface area contributed by atoms with Crippen molar-refractivity contribution in [1.82, 2.24) is 5.32 Å². The fraction of sp³-hybridized carbons (Fsp3) is 0.786. The Morgan fingerprint density at radius 3 is 2.88 bits per heavy atom. The first-order valence-corrected chi connectivity index (χ1v) is 6.80. The molecular weight excluding hydrogens is 214 g/mol. The number of aliphatic carboxylic acids is 1. The molecule has 1 aliphatic rings. The minimum atomic E-state index is -0.611. The minimum Gasteiger partial charge on any atom is -0.481 e. The van der Waals surface area contributed by atoms with Crippen molar-refractivity contribution in [3.8, 4) is 0 Å². The SMILES string of the molecule is C=CCCCCCNCC1CCCC1C(=O)O. The molecule has 0 amide bonds. The molecule has 0 radical (unpaired) electrons. The lowest BCUT2D eigenvalue weighted by molar-refractivity contribution is -0.142. The topological polar surface area (TPSA) is 49.3 Å². The number of carbonyl (C=O) groups is 1. The Labute approximate surface area is 104 Å². The fourth-order valence-corrected chi connectivity index (χ4v) is 2.61. The van der Waals surface area contributed by atoms with Crippen LogP contribution in [0.4, 0.5) is 0 Å².